The molecule has 1 atom stereocenters. The molecule has 1 saturated heterocycles. The van der Waals surface area contributed by atoms with Crippen molar-refractivity contribution in [2.75, 3.05) is 6.61 Å². The molecule has 0 aromatic heterocycles. The van der Waals surface area contributed by atoms with E-state index in [9.17, 15) is 0 Å². The van der Waals surface area contributed by atoms with Crippen LogP contribution in [0.2, 0.25) is 0 Å². The lowest BCUT2D eigenvalue weighted by atomic mass is 9.82. The van der Waals surface area contributed by atoms with Crippen molar-refractivity contribution in [1.29, 1.82) is 0 Å². The first kappa shape index (κ1) is 11.5. The van der Waals surface area contributed by atoms with Gasteiger partial charge in [0, 0.05) is 0 Å². The zero-order chi connectivity index (χ0) is 12.4. The highest BCUT2D eigenvalue weighted by Crippen LogP contribution is 2.44. The second-order valence-electron chi connectivity index (χ2n) is 5.18. The zero-order valence-corrected chi connectivity index (χ0v) is 10.7. The first-order valence-electron chi connectivity index (χ1n) is 6.56. The molecule has 3 rings (SSSR count). The summed E-state index contributed by atoms with van der Waals surface area (Å²) in [7, 11) is 0. The third kappa shape index (κ3) is 1.85. The summed E-state index contributed by atoms with van der Waals surface area (Å²) >= 11 is 0. The molecule has 2 aromatic rings. The van der Waals surface area contributed by atoms with Crippen LogP contribution in [0.3, 0.4) is 0 Å². The largest absolute Gasteiger partial charge is 0.365 e. The predicted molar refractivity (Wildman–Crippen MR) is 73.4 cm³/mol. The van der Waals surface area contributed by atoms with E-state index in [1.807, 2.05) is 0 Å². The lowest BCUT2D eigenvalue weighted by Crippen LogP contribution is -2.26. The van der Waals surface area contributed by atoms with E-state index in [4.69, 9.17) is 4.74 Å². The van der Waals surface area contributed by atoms with Crippen LogP contribution in [0.5, 0.6) is 0 Å². The van der Waals surface area contributed by atoms with Crippen LogP contribution in [-0.4, -0.2) is 6.61 Å². The van der Waals surface area contributed by atoms with Gasteiger partial charge in [-0.3, -0.25) is 0 Å². The van der Waals surface area contributed by atoms with Gasteiger partial charge in [-0.2, -0.15) is 0 Å². The van der Waals surface area contributed by atoms with Gasteiger partial charge in [-0.1, -0.05) is 67.6 Å². The Balaban J connectivity index is 2.11. The molecule has 1 aliphatic rings. The van der Waals surface area contributed by atoms with Gasteiger partial charge in [-0.05, 0) is 23.5 Å². The second kappa shape index (κ2) is 4.58. The van der Waals surface area contributed by atoms with Gasteiger partial charge < -0.3 is 4.74 Å². The van der Waals surface area contributed by atoms with E-state index in [0.29, 0.717) is 5.92 Å². The SMILES string of the molecule is C[C@H]1COC(c2ccccc2)(c2ccccc2)C1. The van der Waals surface area contributed by atoms with E-state index >= 15 is 0 Å². The van der Waals surface area contributed by atoms with Crippen LogP contribution < -0.4 is 0 Å². The molecular weight excluding hydrogens is 220 g/mol. The zero-order valence-electron chi connectivity index (χ0n) is 10.7. The summed E-state index contributed by atoms with van der Waals surface area (Å²) in [5.74, 6) is 0.602. The van der Waals surface area contributed by atoms with Crippen LogP contribution >= 0.6 is 0 Å². The lowest BCUT2D eigenvalue weighted by molar-refractivity contribution is 0.0346. The highest BCUT2D eigenvalue weighted by Gasteiger charge is 2.41. The lowest BCUT2D eigenvalue weighted by Gasteiger charge is -2.29. The fraction of sp³-hybridized carbons (Fsp3) is 0.294. The van der Waals surface area contributed by atoms with Crippen LogP contribution in [0, 0.1) is 5.92 Å². The van der Waals surface area contributed by atoms with Crippen LogP contribution in [0.4, 0.5) is 0 Å². The Kier molecular flexibility index (Phi) is 2.92. The first-order chi connectivity index (χ1) is 8.81. The average molecular weight is 238 g/mol. The average Bonchev–Trinajstić information content (AvgIpc) is 2.84. The number of rotatable bonds is 2. The van der Waals surface area contributed by atoms with Gasteiger partial charge in [0.25, 0.3) is 0 Å². The van der Waals surface area contributed by atoms with Crippen molar-refractivity contribution in [3.63, 3.8) is 0 Å². The summed E-state index contributed by atoms with van der Waals surface area (Å²) in [5.41, 5.74) is 2.28. The molecule has 1 heterocycles. The number of benzene rings is 2. The van der Waals surface area contributed by atoms with E-state index < -0.39 is 0 Å². The predicted octanol–water partition coefficient (Wildman–Crippen LogP) is 3.99. The molecule has 0 bridgehead atoms. The monoisotopic (exact) mass is 238 g/mol. The van der Waals surface area contributed by atoms with Crippen LogP contribution in [0.1, 0.15) is 24.5 Å². The number of hydrogen-bond donors (Lipinski definition) is 0. The maximum atomic E-state index is 6.22. The molecule has 1 nitrogen and oxygen atoms in total. The maximum absolute atomic E-state index is 6.22. The molecule has 0 unspecified atom stereocenters. The molecule has 0 N–H and O–H groups in total. The Bertz CT molecular complexity index is 464. The van der Waals surface area contributed by atoms with Crippen molar-refractivity contribution in [2.45, 2.75) is 18.9 Å². The summed E-state index contributed by atoms with van der Waals surface area (Å²) in [5, 5.41) is 0. The summed E-state index contributed by atoms with van der Waals surface area (Å²) in [6, 6.07) is 21.2. The topological polar surface area (TPSA) is 9.23 Å². The van der Waals surface area contributed by atoms with Gasteiger partial charge in [-0.15, -0.1) is 0 Å². The molecule has 1 fully saturated rings. The van der Waals surface area contributed by atoms with Crippen LogP contribution in [0.25, 0.3) is 0 Å². The highest BCUT2D eigenvalue weighted by molar-refractivity contribution is 5.37. The van der Waals surface area contributed by atoms with E-state index in [0.717, 1.165) is 13.0 Å². The fourth-order valence-electron chi connectivity index (χ4n) is 2.88. The second-order valence-corrected chi connectivity index (χ2v) is 5.18. The molecule has 0 aliphatic carbocycles. The van der Waals surface area contributed by atoms with E-state index in [1.54, 1.807) is 0 Å². The van der Waals surface area contributed by atoms with Gasteiger partial charge >= 0.3 is 0 Å². The van der Waals surface area contributed by atoms with Crippen molar-refractivity contribution in [3.05, 3.63) is 71.8 Å². The molecule has 0 radical (unpaired) electrons. The van der Waals surface area contributed by atoms with Crippen LogP contribution in [-0.2, 0) is 10.3 Å². The van der Waals surface area contributed by atoms with E-state index in [-0.39, 0.29) is 5.60 Å². The van der Waals surface area contributed by atoms with Crippen molar-refractivity contribution in [2.24, 2.45) is 5.92 Å². The normalized spacial score (nSPS) is 21.9. The molecule has 0 saturated carbocycles. The molecule has 1 aliphatic heterocycles. The Morgan fingerprint density at radius 2 is 1.39 bits per heavy atom. The standard InChI is InChI=1S/C17H18O/c1-14-12-17(18-13-14,15-8-4-2-5-9-15)16-10-6-3-7-11-16/h2-11,14H,12-13H2,1H3/t14-/m1/s1. The minimum Gasteiger partial charge on any atom is -0.365 e. The molecule has 18 heavy (non-hydrogen) atoms. The Hall–Kier alpha value is -1.60. The Morgan fingerprint density at radius 3 is 1.78 bits per heavy atom. The molecular formula is C17H18O. The molecule has 92 valence electrons. The highest BCUT2D eigenvalue weighted by atomic mass is 16.5. The van der Waals surface area contributed by atoms with Crippen molar-refractivity contribution < 1.29 is 4.74 Å². The molecule has 2 aromatic carbocycles. The first-order valence-corrected chi connectivity index (χ1v) is 6.56. The van der Waals surface area contributed by atoms with E-state index in [2.05, 4.69) is 67.6 Å². The maximum Gasteiger partial charge on any atom is 0.118 e. The van der Waals surface area contributed by atoms with Crippen molar-refractivity contribution in [1.82, 2.24) is 0 Å². The van der Waals surface area contributed by atoms with Crippen LogP contribution in [0.15, 0.2) is 60.7 Å². The summed E-state index contributed by atoms with van der Waals surface area (Å²) in [4.78, 5) is 0. The summed E-state index contributed by atoms with van der Waals surface area (Å²) in [6.07, 6.45) is 1.06. The van der Waals surface area contributed by atoms with E-state index in [1.165, 1.54) is 11.1 Å². The smallest absolute Gasteiger partial charge is 0.118 e. The van der Waals surface area contributed by atoms with Crippen molar-refractivity contribution in [3.8, 4) is 0 Å². The third-order valence-corrected chi connectivity index (χ3v) is 3.73. The summed E-state index contributed by atoms with van der Waals surface area (Å²) < 4.78 is 6.22. The fourth-order valence-corrected chi connectivity index (χ4v) is 2.88. The summed E-state index contributed by atoms with van der Waals surface area (Å²) in [6.45, 7) is 3.09. The Morgan fingerprint density at radius 1 is 0.889 bits per heavy atom. The number of ether oxygens (including phenoxy) is 1. The number of hydrogen-bond acceptors (Lipinski definition) is 1. The molecule has 0 amide bonds. The molecule has 1 heteroatoms. The van der Waals surface area contributed by atoms with Gasteiger partial charge in [0.05, 0.1) is 6.61 Å². The minimum absolute atomic E-state index is 0.248. The molecule has 0 spiro atoms. The van der Waals surface area contributed by atoms with Gasteiger partial charge in [0.15, 0.2) is 0 Å². The quantitative estimate of drug-likeness (QED) is 0.768. The van der Waals surface area contributed by atoms with Crippen molar-refractivity contribution >= 4 is 0 Å². The third-order valence-electron chi connectivity index (χ3n) is 3.73. The van der Waals surface area contributed by atoms with Gasteiger partial charge in [-0.25, -0.2) is 0 Å². The minimum atomic E-state index is -0.248. The Labute approximate surface area is 108 Å². The van der Waals surface area contributed by atoms with Gasteiger partial charge in [0.2, 0.25) is 0 Å². The van der Waals surface area contributed by atoms with Gasteiger partial charge in [0.1, 0.15) is 5.60 Å².